The highest BCUT2D eigenvalue weighted by Gasteiger charge is 2.25. The van der Waals surface area contributed by atoms with E-state index in [0.717, 1.165) is 5.56 Å². The molecule has 0 aliphatic carbocycles. The predicted octanol–water partition coefficient (Wildman–Crippen LogP) is -0.420. The van der Waals surface area contributed by atoms with Crippen molar-refractivity contribution in [2.45, 2.75) is 19.1 Å². The Bertz CT molecular complexity index is 378. The van der Waals surface area contributed by atoms with E-state index in [-0.39, 0.29) is 11.3 Å². The first-order valence-electron chi connectivity index (χ1n) is 4.38. The highest BCUT2D eigenvalue weighted by atomic mass is 16.3. The van der Waals surface area contributed by atoms with E-state index in [1.165, 1.54) is 12.1 Å². The van der Waals surface area contributed by atoms with Gasteiger partial charge in [0.1, 0.15) is 11.9 Å². The highest BCUT2D eigenvalue weighted by molar-refractivity contribution is 5.79. The monoisotopic (exact) mass is 211 g/mol. The van der Waals surface area contributed by atoms with Crippen LogP contribution in [0.2, 0.25) is 0 Å². The van der Waals surface area contributed by atoms with E-state index in [0.29, 0.717) is 0 Å². The number of amides is 1. The molecule has 0 aromatic heterocycles. The minimum atomic E-state index is -1.72. The Morgan fingerprint density at radius 1 is 1.40 bits per heavy atom. The smallest absolute Gasteiger partial charge is 0.249 e. The van der Waals surface area contributed by atoms with E-state index in [4.69, 9.17) is 5.73 Å². The van der Waals surface area contributed by atoms with E-state index in [1.807, 2.05) is 0 Å². The minimum absolute atomic E-state index is 0.0845. The zero-order valence-electron chi connectivity index (χ0n) is 8.21. The van der Waals surface area contributed by atoms with Crippen LogP contribution < -0.4 is 5.73 Å². The Kier molecular flexibility index (Phi) is 3.28. The van der Waals surface area contributed by atoms with Crippen LogP contribution in [0, 0.1) is 6.92 Å². The molecule has 5 N–H and O–H groups in total. The molecule has 82 valence electrons. The molecular formula is C10H13NO4. The van der Waals surface area contributed by atoms with Crippen molar-refractivity contribution in [2.75, 3.05) is 0 Å². The van der Waals surface area contributed by atoms with Crippen LogP contribution in [0.1, 0.15) is 17.2 Å². The Labute approximate surface area is 86.8 Å². The topological polar surface area (TPSA) is 104 Å². The standard InChI is InChI=1S/C10H13NO4/c1-5-2-3-7(12)6(4-5)8(13)9(14)10(11)15/h2-4,8-9,12-14H,1H3,(H2,11,15). The van der Waals surface area contributed by atoms with Gasteiger partial charge in [-0.2, -0.15) is 0 Å². The second kappa shape index (κ2) is 4.29. The number of carbonyl (C=O) groups excluding carboxylic acids is 1. The Hall–Kier alpha value is -1.59. The lowest BCUT2D eigenvalue weighted by Gasteiger charge is -2.16. The molecule has 1 aromatic rings. The van der Waals surface area contributed by atoms with Gasteiger partial charge in [0.05, 0.1) is 0 Å². The van der Waals surface area contributed by atoms with Gasteiger partial charge in [0.25, 0.3) is 0 Å². The van der Waals surface area contributed by atoms with Gasteiger partial charge in [0.15, 0.2) is 6.10 Å². The van der Waals surface area contributed by atoms with Gasteiger partial charge >= 0.3 is 0 Å². The van der Waals surface area contributed by atoms with Gasteiger partial charge in [0.2, 0.25) is 5.91 Å². The molecule has 5 nitrogen and oxygen atoms in total. The van der Waals surface area contributed by atoms with Crippen LogP contribution in [-0.4, -0.2) is 27.3 Å². The van der Waals surface area contributed by atoms with Crippen molar-refractivity contribution in [1.82, 2.24) is 0 Å². The summed E-state index contributed by atoms with van der Waals surface area (Å²) in [5.41, 5.74) is 5.71. The molecule has 15 heavy (non-hydrogen) atoms. The number of nitrogens with two attached hydrogens (primary N) is 1. The zero-order valence-corrected chi connectivity index (χ0v) is 8.21. The van der Waals surface area contributed by atoms with Crippen LogP contribution in [0.25, 0.3) is 0 Å². The Morgan fingerprint density at radius 3 is 2.53 bits per heavy atom. The number of aliphatic hydroxyl groups is 2. The average Bonchev–Trinajstić information content (AvgIpc) is 2.19. The summed E-state index contributed by atoms with van der Waals surface area (Å²) >= 11 is 0. The maximum atomic E-state index is 10.6. The van der Waals surface area contributed by atoms with Crippen LogP contribution in [-0.2, 0) is 4.79 Å². The van der Waals surface area contributed by atoms with Gasteiger partial charge in [-0.1, -0.05) is 11.6 Å². The summed E-state index contributed by atoms with van der Waals surface area (Å²) in [7, 11) is 0. The number of primary amides is 1. The summed E-state index contributed by atoms with van der Waals surface area (Å²) in [4.78, 5) is 10.6. The third kappa shape index (κ3) is 2.45. The van der Waals surface area contributed by atoms with Gasteiger partial charge in [-0.05, 0) is 19.1 Å². The van der Waals surface area contributed by atoms with Gasteiger partial charge < -0.3 is 21.1 Å². The lowest BCUT2D eigenvalue weighted by atomic mass is 10.0. The number of aromatic hydroxyl groups is 1. The van der Waals surface area contributed by atoms with Crippen molar-refractivity contribution in [3.8, 4) is 5.75 Å². The second-order valence-electron chi connectivity index (χ2n) is 3.35. The molecule has 0 heterocycles. The van der Waals surface area contributed by atoms with Crippen LogP contribution in [0.4, 0.5) is 0 Å². The summed E-state index contributed by atoms with van der Waals surface area (Å²) in [5, 5.41) is 28.2. The molecule has 2 atom stereocenters. The van der Waals surface area contributed by atoms with Crippen LogP contribution in [0.15, 0.2) is 18.2 Å². The molecule has 0 saturated heterocycles. The first kappa shape index (κ1) is 11.5. The summed E-state index contributed by atoms with van der Waals surface area (Å²) < 4.78 is 0. The number of phenolic OH excluding ortho intramolecular Hbond substituents is 1. The molecule has 0 radical (unpaired) electrons. The molecule has 0 bridgehead atoms. The van der Waals surface area contributed by atoms with Crippen molar-refractivity contribution in [1.29, 1.82) is 0 Å². The number of aryl methyl sites for hydroxylation is 1. The van der Waals surface area contributed by atoms with E-state index in [1.54, 1.807) is 13.0 Å². The quantitative estimate of drug-likeness (QED) is 0.545. The zero-order chi connectivity index (χ0) is 11.6. The molecule has 1 rings (SSSR count). The van der Waals surface area contributed by atoms with Crippen LogP contribution in [0.5, 0.6) is 5.75 Å². The number of phenols is 1. The Balaban J connectivity index is 3.04. The first-order valence-corrected chi connectivity index (χ1v) is 4.38. The first-order chi connectivity index (χ1) is 6.93. The van der Waals surface area contributed by atoms with E-state index in [2.05, 4.69) is 0 Å². The van der Waals surface area contributed by atoms with E-state index < -0.39 is 18.1 Å². The number of benzene rings is 1. The van der Waals surface area contributed by atoms with Gasteiger partial charge in [-0.25, -0.2) is 0 Å². The fourth-order valence-corrected chi connectivity index (χ4v) is 1.24. The van der Waals surface area contributed by atoms with Crippen molar-refractivity contribution < 1.29 is 20.1 Å². The van der Waals surface area contributed by atoms with Crippen molar-refractivity contribution >= 4 is 5.91 Å². The molecule has 2 unspecified atom stereocenters. The normalized spacial score (nSPS) is 14.6. The van der Waals surface area contributed by atoms with E-state index >= 15 is 0 Å². The van der Waals surface area contributed by atoms with Gasteiger partial charge in [-0.3, -0.25) is 4.79 Å². The molecular weight excluding hydrogens is 198 g/mol. The molecule has 0 fully saturated rings. The molecule has 0 saturated carbocycles. The van der Waals surface area contributed by atoms with Gasteiger partial charge in [-0.15, -0.1) is 0 Å². The third-order valence-electron chi connectivity index (χ3n) is 2.09. The molecule has 1 aromatic carbocycles. The number of aliphatic hydroxyl groups excluding tert-OH is 2. The lowest BCUT2D eigenvalue weighted by molar-refractivity contribution is -0.132. The molecule has 0 aliphatic rings. The number of carbonyl (C=O) groups is 1. The summed E-state index contributed by atoms with van der Waals surface area (Å²) in [6, 6.07) is 4.50. The second-order valence-corrected chi connectivity index (χ2v) is 3.35. The molecule has 5 heteroatoms. The summed E-state index contributed by atoms with van der Waals surface area (Å²) in [5.74, 6) is -1.23. The summed E-state index contributed by atoms with van der Waals surface area (Å²) in [6.07, 6.45) is -3.24. The average molecular weight is 211 g/mol. The van der Waals surface area contributed by atoms with Crippen molar-refractivity contribution in [3.63, 3.8) is 0 Å². The van der Waals surface area contributed by atoms with Crippen molar-refractivity contribution in [2.24, 2.45) is 5.73 Å². The SMILES string of the molecule is Cc1ccc(O)c(C(O)C(O)C(N)=O)c1. The third-order valence-corrected chi connectivity index (χ3v) is 2.09. The van der Waals surface area contributed by atoms with Crippen LogP contribution in [0.3, 0.4) is 0 Å². The maximum Gasteiger partial charge on any atom is 0.249 e. The van der Waals surface area contributed by atoms with Crippen molar-refractivity contribution in [3.05, 3.63) is 29.3 Å². The molecule has 0 spiro atoms. The molecule has 1 amide bonds. The van der Waals surface area contributed by atoms with Gasteiger partial charge in [0, 0.05) is 5.56 Å². The maximum absolute atomic E-state index is 10.6. The van der Waals surface area contributed by atoms with E-state index in [9.17, 15) is 20.1 Å². The van der Waals surface area contributed by atoms with Crippen LogP contribution >= 0.6 is 0 Å². The molecule has 0 aliphatic heterocycles. The fourth-order valence-electron chi connectivity index (χ4n) is 1.24. The highest BCUT2D eigenvalue weighted by Crippen LogP contribution is 2.27. The lowest BCUT2D eigenvalue weighted by Crippen LogP contribution is -2.33. The minimum Gasteiger partial charge on any atom is -0.508 e. The largest absolute Gasteiger partial charge is 0.508 e. The fraction of sp³-hybridized carbons (Fsp3) is 0.300. The number of hydrogen-bond donors (Lipinski definition) is 4. The summed E-state index contributed by atoms with van der Waals surface area (Å²) in [6.45, 7) is 1.76. The Morgan fingerprint density at radius 2 is 2.00 bits per heavy atom. The number of hydrogen-bond acceptors (Lipinski definition) is 4. The number of rotatable bonds is 3. The predicted molar refractivity (Wildman–Crippen MR) is 53.0 cm³/mol.